The Balaban J connectivity index is 2.15. The second-order valence-electron chi connectivity index (χ2n) is 4.01. The van der Waals surface area contributed by atoms with E-state index in [4.69, 9.17) is 9.47 Å². The van der Waals surface area contributed by atoms with E-state index in [1.165, 1.54) is 0 Å². The minimum atomic E-state index is -0.601. The lowest BCUT2D eigenvalue weighted by Crippen LogP contribution is -2.24. The highest BCUT2D eigenvalue weighted by Gasteiger charge is 2.26. The van der Waals surface area contributed by atoms with Crippen molar-refractivity contribution < 1.29 is 14.6 Å². The molecule has 0 bridgehead atoms. The summed E-state index contributed by atoms with van der Waals surface area (Å²) >= 11 is 0. The van der Waals surface area contributed by atoms with Gasteiger partial charge in [-0.05, 0) is 25.0 Å². The lowest BCUT2D eigenvalue weighted by Gasteiger charge is -2.26. The number of aromatic nitrogens is 1. The molecule has 4 heteroatoms. The highest BCUT2D eigenvalue weighted by Crippen LogP contribution is 2.32. The zero-order valence-electron chi connectivity index (χ0n) is 9.43. The van der Waals surface area contributed by atoms with Gasteiger partial charge in [-0.1, -0.05) is 0 Å². The van der Waals surface area contributed by atoms with Gasteiger partial charge in [0.15, 0.2) is 0 Å². The molecule has 2 unspecified atom stereocenters. The first-order valence-electron chi connectivity index (χ1n) is 5.57. The minimum Gasteiger partial charge on any atom is -0.495 e. The van der Waals surface area contributed by atoms with Gasteiger partial charge < -0.3 is 14.6 Å². The van der Waals surface area contributed by atoms with Crippen LogP contribution in [-0.2, 0) is 4.74 Å². The van der Waals surface area contributed by atoms with E-state index in [2.05, 4.69) is 4.98 Å². The van der Waals surface area contributed by atoms with Gasteiger partial charge in [-0.15, -0.1) is 0 Å². The van der Waals surface area contributed by atoms with Gasteiger partial charge in [0.1, 0.15) is 17.5 Å². The second kappa shape index (κ2) is 5.27. The third-order valence-corrected chi connectivity index (χ3v) is 2.94. The summed E-state index contributed by atoms with van der Waals surface area (Å²) in [4.78, 5) is 4.19. The third kappa shape index (κ3) is 2.33. The van der Waals surface area contributed by atoms with Crippen LogP contribution in [0.1, 0.15) is 24.6 Å². The van der Waals surface area contributed by atoms with Crippen molar-refractivity contribution in [3.8, 4) is 5.75 Å². The predicted octanol–water partition coefficient (Wildman–Crippen LogP) is 1.55. The normalized spacial score (nSPS) is 22.8. The van der Waals surface area contributed by atoms with Crippen LogP contribution < -0.4 is 4.74 Å². The van der Waals surface area contributed by atoms with E-state index in [0.717, 1.165) is 19.4 Å². The van der Waals surface area contributed by atoms with Gasteiger partial charge in [0.2, 0.25) is 0 Å². The Labute approximate surface area is 95.2 Å². The largest absolute Gasteiger partial charge is 0.495 e. The fourth-order valence-electron chi connectivity index (χ4n) is 2.04. The van der Waals surface area contributed by atoms with Crippen molar-refractivity contribution in [1.29, 1.82) is 0 Å². The zero-order valence-corrected chi connectivity index (χ0v) is 9.43. The standard InChI is InChI=1S/C12H17NO3/c1-15-10-5-2-6-13-11(10)12(14)9-4-3-7-16-8-9/h2,5-6,9,12,14H,3-4,7-8H2,1H3. The summed E-state index contributed by atoms with van der Waals surface area (Å²) < 4.78 is 10.6. The van der Waals surface area contributed by atoms with E-state index in [9.17, 15) is 5.11 Å². The number of rotatable bonds is 3. The third-order valence-electron chi connectivity index (χ3n) is 2.94. The van der Waals surface area contributed by atoms with Gasteiger partial charge in [0.25, 0.3) is 0 Å². The molecule has 0 amide bonds. The van der Waals surface area contributed by atoms with Crippen molar-refractivity contribution >= 4 is 0 Å². The lowest BCUT2D eigenvalue weighted by atomic mass is 9.93. The van der Waals surface area contributed by atoms with Gasteiger partial charge in [-0.3, -0.25) is 4.98 Å². The van der Waals surface area contributed by atoms with Crippen LogP contribution in [-0.4, -0.2) is 30.4 Å². The number of methoxy groups -OCH3 is 1. The number of hydrogen-bond donors (Lipinski definition) is 1. The van der Waals surface area contributed by atoms with E-state index in [1.54, 1.807) is 19.4 Å². The maximum atomic E-state index is 10.2. The van der Waals surface area contributed by atoms with Gasteiger partial charge in [-0.25, -0.2) is 0 Å². The molecule has 0 aromatic carbocycles. The highest BCUT2D eigenvalue weighted by atomic mass is 16.5. The van der Waals surface area contributed by atoms with Crippen LogP contribution in [0.15, 0.2) is 18.3 Å². The number of hydrogen-bond acceptors (Lipinski definition) is 4. The summed E-state index contributed by atoms with van der Waals surface area (Å²) in [6, 6.07) is 3.61. The quantitative estimate of drug-likeness (QED) is 0.844. The number of aliphatic hydroxyl groups is 1. The van der Waals surface area contributed by atoms with Gasteiger partial charge in [0.05, 0.1) is 13.7 Å². The number of pyridine rings is 1. The molecule has 1 N–H and O–H groups in total. The van der Waals surface area contributed by atoms with Crippen LogP contribution in [0.2, 0.25) is 0 Å². The average molecular weight is 223 g/mol. The van der Waals surface area contributed by atoms with Crippen molar-refractivity contribution in [2.75, 3.05) is 20.3 Å². The second-order valence-corrected chi connectivity index (χ2v) is 4.01. The Morgan fingerprint density at radius 1 is 1.62 bits per heavy atom. The number of ether oxygens (including phenoxy) is 2. The van der Waals surface area contributed by atoms with Gasteiger partial charge in [-0.2, -0.15) is 0 Å². The first-order chi connectivity index (χ1) is 7.83. The first kappa shape index (κ1) is 11.4. The average Bonchev–Trinajstić information content (AvgIpc) is 2.39. The predicted molar refractivity (Wildman–Crippen MR) is 59.3 cm³/mol. The SMILES string of the molecule is COc1cccnc1C(O)C1CCCOC1. The maximum absolute atomic E-state index is 10.2. The molecule has 1 aliphatic heterocycles. The Kier molecular flexibility index (Phi) is 3.74. The number of nitrogens with zero attached hydrogens (tertiary/aromatic N) is 1. The molecule has 1 aromatic heterocycles. The van der Waals surface area contributed by atoms with E-state index < -0.39 is 6.10 Å². The molecule has 16 heavy (non-hydrogen) atoms. The highest BCUT2D eigenvalue weighted by molar-refractivity contribution is 5.28. The molecule has 88 valence electrons. The van der Waals surface area contributed by atoms with Crippen molar-refractivity contribution in [3.05, 3.63) is 24.0 Å². The van der Waals surface area contributed by atoms with Crippen LogP contribution in [0, 0.1) is 5.92 Å². The van der Waals surface area contributed by atoms with Crippen LogP contribution >= 0.6 is 0 Å². The fraction of sp³-hybridized carbons (Fsp3) is 0.583. The summed E-state index contributed by atoms with van der Waals surface area (Å²) in [5, 5.41) is 10.2. The molecule has 1 aliphatic rings. The molecule has 4 nitrogen and oxygen atoms in total. The Bertz CT molecular complexity index is 337. The van der Waals surface area contributed by atoms with E-state index in [-0.39, 0.29) is 5.92 Å². The fourth-order valence-corrected chi connectivity index (χ4v) is 2.04. The van der Waals surface area contributed by atoms with Gasteiger partial charge >= 0.3 is 0 Å². The van der Waals surface area contributed by atoms with E-state index >= 15 is 0 Å². The summed E-state index contributed by atoms with van der Waals surface area (Å²) in [6.07, 6.45) is 3.04. The van der Waals surface area contributed by atoms with Crippen LogP contribution in [0.4, 0.5) is 0 Å². The Hall–Kier alpha value is -1.13. The molecule has 2 atom stereocenters. The van der Waals surface area contributed by atoms with Crippen LogP contribution in [0.25, 0.3) is 0 Å². The molecule has 2 heterocycles. The van der Waals surface area contributed by atoms with Crippen LogP contribution in [0.5, 0.6) is 5.75 Å². The molecule has 2 rings (SSSR count). The summed E-state index contributed by atoms with van der Waals surface area (Å²) in [6.45, 7) is 1.39. The first-order valence-corrected chi connectivity index (χ1v) is 5.57. The lowest BCUT2D eigenvalue weighted by molar-refractivity contribution is -0.0123. The smallest absolute Gasteiger partial charge is 0.143 e. The molecule has 0 radical (unpaired) electrons. The number of aliphatic hydroxyl groups excluding tert-OH is 1. The van der Waals surface area contributed by atoms with Crippen molar-refractivity contribution in [2.24, 2.45) is 5.92 Å². The van der Waals surface area contributed by atoms with Crippen molar-refractivity contribution in [3.63, 3.8) is 0 Å². The van der Waals surface area contributed by atoms with Crippen molar-refractivity contribution in [1.82, 2.24) is 4.98 Å². The summed E-state index contributed by atoms with van der Waals surface area (Å²) in [7, 11) is 1.59. The minimum absolute atomic E-state index is 0.123. The molecular formula is C12H17NO3. The topological polar surface area (TPSA) is 51.6 Å². The summed E-state index contributed by atoms with van der Waals surface area (Å²) in [5.41, 5.74) is 0.612. The Morgan fingerprint density at radius 2 is 2.50 bits per heavy atom. The molecule has 0 spiro atoms. The molecule has 0 saturated carbocycles. The molecule has 1 fully saturated rings. The summed E-state index contributed by atoms with van der Waals surface area (Å²) in [5.74, 6) is 0.762. The van der Waals surface area contributed by atoms with E-state index in [1.807, 2.05) is 6.07 Å². The van der Waals surface area contributed by atoms with Crippen molar-refractivity contribution in [2.45, 2.75) is 18.9 Å². The van der Waals surface area contributed by atoms with E-state index in [0.29, 0.717) is 18.1 Å². The zero-order chi connectivity index (χ0) is 11.4. The van der Waals surface area contributed by atoms with Gasteiger partial charge in [0, 0.05) is 18.7 Å². The molecule has 0 aliphatic carbocycles. The monoisotopic (exact) mass is 223 g/mol. The van der Waals surface area contributed by atoms with Crippen LogP contribution in [0.3, 0.4) is 0 Å². The maximum Gasteiger partial charge on any atom is 0.143 e. The molecular weight excluding hydrogens is 206 g/mol. The Morgan fingerprint density at radius 3 is 3.19 bits per heavy atom. The molecule has 1 saturated heterocycles. The molecule has 1 aromatic rings.